The SMILES string of the molecule is COC(=O)c1ccccc1Nc1c(-c2cccs2)nc2cnccn12. The van der Waals surface area contributed by atoms with Crippen molar-refractivity contribution in [2.75, 3.05) is 12.4 Å². The third-order valence-electron chi connectivity index (χ3n) is 3.77. The average Bonchev–Trinajstić information content (AvgIpc) is 3.30. The van der Waals surface area contributed by atoms with Gasteiger partial charge in [-0.2, -0.15) is 0 Å². The van der Waals surface area contributed by atoms with Crippen molar-refractivity contribution in [2.45, 2.75) is 0 Å². The van der Waals surface area contributed by atoms with Gasteiger partial charge in [-0.25, -0.2) is 9.78 Å². The van der Waals surface area contributed by atoms with Crippen LogP contribution < -0.4 is 5.32 Å². The van der Waals surface area contributed by atoms with Crippen LogP contribution in [-0.4, -0.2) is 27.4 Å². The lowest BCUT2D eigenvalue weighted by molar-refractivity contribution is 0.0602. The molecule has 0 aliphatic carbocycles. The number of hydrogen-bond acceptors (Lipinski definition) is 6. The van der Waals surface area contributed by atoms with Gasteiger partial charge in [-0.1, -0.05) is 18.2 Å². The summed E-state index contributed by atoms with van der Waals surface area (Å²) in [5.74, 6) is 0.382. The number of benzene rings is 1. The van der Waals surface area contributed by atoms with E-state index in [0.717, 1.165) is 22.0 Å². The molecule has 0 aliphatic heterocycles. The summed E-state index contributed by atoms with van der Waals surface area (Å²) in [4.78, 5) is 21.9. The highest BCUT2D eigenvalue weighted by molar-refractivity contribution is 7.13. The van der Waals surface area contributed by atoms with Crippen LogP contribution in [0, 0.1) is 0 Å². The Morgan fingerprint density at radius 1 is 1.24 bits per heavy atom. The van der Waals surface area contributed by atoms with Crippen molar-refractivity contribution in [2.24, 2.45) is 0 Å². The van der Waals surface area contributed by atoms with E-state index in [0.29, 0.717) is 11.3 Å². The molecular formula is C18H14N4O2S. The molecule has 1 aromatic carbocycles. The van der Waals surface area contributed by atoms with E-state index in [1.807, 2.05) is 40.2 Å². The Kier molecular flexibility index (Phi) is 3.91. The highest BCUT2D eigenvalue weighted by Crippen LogP contribution is 2.34. The van der Waals surface area contributed by atoms with Crippen molar-refractivity contribution < 1.29 is 9.53 Å². The van der Waals surface area contributed by atoms with E-state index < -0.39 is 5.97 Å². The van der Waals surface area contributed by atoms with E-state index >= 15 is 0 Å². The number of imidazole rings is 1. The van der Waals surface area contributed by atoms with Crippen LogP contribution in [0.5, 0.6) is 0 Å². The molecule has 0 saturated heterocycles. The zero-order valence-corrected chi connectivity index (χ0v) is 14.2. The number of esters is 1. The number of methoxy groups -OCH3 is 1. The fourth-order valence-corrected chi connectivity index (χ4v) is 3.33. The zero-order valence-electron chi connectivity index (χ0n) is 13.3. The van der Waals surface area contributed by atoms with Crippen LogP contribution in [-0.2, 0) is 4.74 Å². The average molecular weight is 350 g/mol. The molecule has 124 valence electrons. The molecule has 0 atom stereocenters. The number of rotatable bonds is 4. The topological polar surface area (TPSA) is 68.5 Å². The maximum Gasteiger partial charge on any atom is 0.339 e. The lowest BCUT2D eigenvalue weighted by atomic mass is 10.1. The molecule has 0 radical (unpaired) electrons. The van der Waals surface area contributed by atoms with E-state index in [9.17, 15) is 4.79 Å². The third-order valence-corrected chi connectivity index (χ3v) is 4.65. The molecule has 0 unspecified atom stereocenters. The van der Waals surface area contributed by atoms with Crippen molar-refractivity contribution in [3.63, 3.8) is 0 Å². The quantitative estimate of drug-likeness (QED) is 0.564. The Labute approximate surface area is 147 Å². The minimum Gasteiger partial charge on any atom is -0.465 e. The summed E-state index contributed by atoms with van der Waals surface area (Å²) < 4.78 is 6.79. The molecule has 6 nitrogen and oxygen atoms in total. The molecule has 0 saturated carbocycles. The van der Waals surface area contributed by atoms with Crippen molar-refractivity contribution in [3.05, 3.63) is 65.9 Å². The predicted octanol–water partition coefficient (Wildman–Crippen LogP) is 3.99. The first kappa shape index (κ1) is 15.3. The first-order chi connectivity index (χ1) is 12.3. The minimum atomic E-state index is -0.392. The molecule has 7 heteroatoms. The van der Waals surface area contributed by atoms with E-state index in [4.69, 9.17) is 4.74 Å². The Bertz CT molecular complexity index is 1040. The van der Waals surface area contributed by atoms with Crippen LogP contribution in [0.15, 0.2) is 60.4 Å². The van der Waals surface area contributed by atoms with Crippen LogP contribution in [0.3, 0.4) is 0 Å². The fourth-order valence-electron chi connectivity index (χ4n) is 2.62. The highest BCUT2D eigenvalue weighted by atomic mass is 32.1. The summed E-state index contributed by atoms with van der Waals surface area (Å²) in [6.45, 7) is 0. The van der Waals surface area contributed by atoms with Crippen molar-refractivity contribution >= 4 is 34.5 Å². The summed E-state index contributed by atoms with van der Waals surface area (Å²) >= 11 is 1.60. The maximum absolute atomic E-state index is 12.0. The number of nitrogens with zero attached hydrogens (tertiary/aromatic N) is 3. The smallest absolute Gasteiger partial charge is 0.339 e. The highest BCUT2D eigenvalue weighted by Gasteiger charge is 2.18. The zero-order chi connectivity index (χ0) is 17.2. The van der Waals surface area contributed by atoms with Crippen molar-refractivity contribution in [3.8, 4) is 10.6 Å². The second-order valence-electron chi connectivity index (χ2n) is 5.25. The van der Waals surface area contributed by atoms with Gasteiger partial charge in [0.25, 0.3) is 0 Å². The van der Waals surface area contributed by atoms with Crippen molar-refractivity contribution in [1.29, 1.82) is 0 Å². The molecule has 3 aromatic heterocycles. The van der Waals surface area contributed by atoms with E-state index in [1.165, 1.54) is 7.11 Å². The fraction of sp³-hybridized carbons (Fsp3) is 0.0556. The summed E-state index contributed by atoms with van der Waals surface area (Å²) in [5.41, 5.74) is 2.66. The number of fused-ring (bicyclic) bond motifs is 1. The lowest BCUT2D eigenvalue weighted by Crippen LogP contribution is -2.06. The number of ether oxygens (including phenoxy) is 1. The number of carbonyl (C=O) groups is 1. The van der Waals surface area contributed by atoms with Crippen LogP contribution in [0.1, 0.15) is 10.4 Å². The second-order valence-corrected chi connectivity index (χ2v) is 6.20. The maximum atomic E-state index is 12.0. The monoisotopic (exact) mass is 350 g/mol. The molecule has 4 rings (SSSR count). The number of aromatic nitrogens is 3. The van der Waals surface area contributed by atoms with Gasteiger partial charge in [0.15, 0.2) is 5.65 Å². The summed E-state index contributed by atoms with van der Waals surface area (Å²) in [6, 6.07) is 11.2. The predicted molar refractivity (Wildman–Crippen MR) is 97.4 cm³/mol. The molecular weight excluding hydrogens is 336 g/mol. The van der Waals surface area contributed by atoms with Gasteiger partial charge in [0.05, 0.1) is 29.4 Å². The Balaban J connectivity index is 1.88. The number of carbonyl (C=O) groups excluding carboxylic acids is 1. The molecule has 0 spiro atoms. The van der Waals surface area contributed by atoms with Gasteiger partial charge in [-0.15, -0.1) is 11.3 Å². The number of hydrogen-bond donors (Lipinski definition) is 1. The van der Waals surface area contributed by atoms with Crippen LogP contribution >= 0.6 is 11.3 Å². The first-order valence-corrected chi connectivity index (χ1v) is 8.46. The summed E-state index contributed by atoms with van der Waals surface area (Å²) in [5, 5.41) is 5.35. The lowest BCUT2D eigenvalue weighted by Gasteiger charge is -2.11. The molecule has 0 amide bonds. The number of anilines is 2. The second kappa shape index (κ2) is 6.37. The van der Waals surface area contributed by atoms with Gasteiger partial charge in [-0.05, 0) is 23.6 Å². The molecule has 4 aromatic rings. The van der Waals surface area contributed by atoms with Gasteiger partial charge in [0, 0.05) is 12.4 Å². The standard InChI is InChI=1S/C18H14N4O2S/c1-24-18(23)12-5-2-3-6-13(12)20-17-16(14-7-4-10-25-14)21-15-11-19-8-9-22(15)17/h2-11,20H,1H3. The summed E-state index contributed by atoms with van der Waals surface area (Å²) in [6.07, 6.45) is 5.24. The van der Waals surface area contributed by atoms with E-state index in [-0.39, 0.29) is 0 Å². The Morgan fingerprint density at radius 3 is 2.92 bits per heavy atom. The largest absolute Gasteiger partial charge is 0.465 e. The van der Waals surface area contributed by atoms with E-state index in [2.05, 4.69) is 15.3 Å². The molecule has 1 N–H and O–H groups in total. The van der Waals surface area contributed by atoms with Crippen molar-refractivity contribution in [1.82, 2.24) is 14.4 Å². The number of para-hydroxylation sites is 1. The van der Waals surface area contributed by atoms with Gasteiger partial charge >= 0.3 is 5.97 Å². The number of nitrogens with one attached hydrogen (secondary N) is 1. The van der Waals surface area contributed by atoms with Crippen LogP contribution in [0.2, 0.25) is 0 Å². The Hall–Kier alpha value is -3.19. The van der Waals surface area contributed by atoms with Gasteiger partial charge in [0.2, 0.25) is 0 Å². The number of thiophene rings is 1. The van der Waals surface area contributed by atoms with Crippen LogP contribution in [0.25, 0.3) is 16.2 Å². The molecule has 25 heavy (non-hydrogen) atoms. The molecule has 3 heterocycles. The first-order valence-electron chi connectivity index (χ1n) is 7.58. The van der Waals surface area contributed by atoms with Gasteiger partial charge in [0.1, 0.15) is 11.5 Å². The summed E-state index contributed by atoms with van der Waals surface area (Å²) in [7, 11) is 1.37. The molecule has 0 aliphatic rings. The molecule has 0 bridgehead atoms. The van der Waals surface area contributed by atoms with Crippen LogP contribution in [0.4, 0.5) is 11.5 Å². The third kappa shape index (κ3) is 2.74. The minimum absolute atomic E-state index is 0.392. The normalized spacial score (nSPS) is 10.8. The molecule has 0 fully saturated rings. The Morgan fingerprint density at radius 2 is 2.12 bits per heavy atom. The van der Waals surface area contributed by atoms with E-state index in [1.54, 1.807) is 35.9 Å². The van der Waals surface area contributed by atoms with Gasteiger partial charge in [-0.3, -0.25) is 9.38 Å². The van der Waals surface area contributed by atoms with Gasteiger partial charge < -0.3 is 10.1 Å².